The van der Waals surface area contributed by atoms with Gasteiger partial charge >= 0.3 is 5.97 Å². The third-order valence-electron chi connectivity index (χ3n) is 3.61. The lowest BCUT2D eigenvalue weighted by molar-refractivity contribution is -0.140. The summed E-state index contributed by atoms with van der Waals surface area (Å²) in [5.41, 5.74) is 1.15. The van der Waals surface area contributed by atoms with Crippen LogP contribution in [0.25, 0.3) is 0 Å². The molecular formula is C15H20N2O3. The average Bonchev–Trinajstić information content (AvgIpc) is 3.24. The Morgan fingerprint density at radius 3 is 2.60 bits per heavy atom. The third kappa shape index (κ3) is 3.73. The molecule has 1 aromatic carbocycles. The first-order valence-corrected chi connectivity index (χ1v) is 6.86. The van der Waals surface area contributed by atoms with E-state index in [9.17, 15) is 9.59 Å². The molecule has 1 saturated carbocycles. The quantitative estimate of drug-likeness (QED) is 0.738. The van der Waals surface area contributed by atoms with E-state index < -0.39 is 11.9 Å². The number of carboxylic acid groups (broad SMARTS) is 1. The molecule has 0 unspecified atom stereocenters. The van der Waals surface area contributed by atoms with E-state index >= 15 is 0 Å². The SMILES string of the molecule is CN(CCCNC(=O)[C@@H]1C[C@@H]1C(=O)O)c1ccccc1. The van der Waals surface area contributed by atoms with Crippen LogP contribution in [0.15, 0.2) is 30.3 Å². The standard InChI is InChI=1S/C15H20N2O3/c1-17(11-6-3-2-4-7-11)9-5-8-16-14(18)12-10-13(12)15(19)20/h2-4,6-7,12-13H,5,8-10H2,1H3,(H,16,18)(H,19,20)/t12-,13+/m1/s1. The smallest absolute Gasteiger partial charge is 0.307 e. The van der Waals surface area contributed by atoms with E-state index in [4.69, 9.17) is 5.11 Å². The zero-order chi connectivity index (χ0) is 14.5. The van der Waals surface area contributed by atoms with Crippen LogP contribution in [0.4, 0.5) is 5.69 Å². The number of benzene rings is 1. The summed E-state index contributed by atoms with van der Waals surface area (Å²) in [7, 11) is 2.01. The van der Waals surface area contributed by atoms with Crippen molar-refractivity contribution < 1.29 is 14.7 Å². The summed E-state index contributed by atoms with van der Waals surface area (Å²) in [6, 6.07) is 10.0. The van der Waals surface area contributed by atoms with Gasteiger partial charge in [0.25, 0.3) is 0 Å². The molecule has 0 saturated heterocycles. The normalized spacial score (nSPS) is 20.2. The van der Waals surface area contributed by atoms with Crippen LogP contribution in [0.5, 0.6) is 0 Å². The van der Waals surface area contributed by atoms with Gasteiger partial charge in [-0.3, -0.25) is 9.59 Å². The number of hydrogen-bond acceptors (Lipinski definition) is 3. The summed E-state index contributed by atoms with van der Waals surface area (Å²) in [4.78, 5) is 24.4. The highest BCUT2D eigenvalue weighted by atomic mass is 16.4. The first kappa shape index (κ1) is 14.4. The lowest BCUT2D eigenvalue weighted by Gasteiger charge is -2.19. The highest BCUT2D eigenvalue weighted by molar-refractivity contribution is 5.89. The summed E-state index contributed by atoms with van der Waals surface area (Å²) in [5, 5.41) is 11.6. The number of hydrogen-bond donors (Lipinski definition) is 2. The second-order valence-electron chi connectivity index (χ2n) is 5.19. The highest BCUT2D eigenvalue weighted by Gasteiger charge is 2.48. The second kappa shape index (κ2) is 6.41. The Morgan fingerprint density at radius 2 is 2.00 bits per heavy atom. The number of amides is 1. The molecule has 0 spiro atoms. The van der Waals surface area contributed by atoms with Gasteiger partial charge in [-0.15, -0.1) is 0 Å². The Labute approximate surface area is 118 Å². The van der Waals surface area contributed by atoms with Crippen molar-refractivity contribution in [3.05, 3.63) is 30.3 Å². The fourth-order valence-electron chi connectivity index (χ4n) is 2.23. The fourth-order valence-corrected chi connectivity index (χ4v) is 2.23. The van der Waals surface area contributed by atoms with E-state index in [0.29, 0.717) is 13.0 Å². The maximum atomic E-state index is 11.6. The molecule has 1 aliphatic rings. The van der Waals surface area contributed by atoms with Crippen molar-refractivity contribution >= 4 is 17.6 Å². The molecule has 1 fully saturated rings. The number of aliphatic carboxylic acids is 1. The van der Waals surface area contributed by atoms with E-state index in [1.54, 1.807) is 0 Å². The Morgan fingerprint density at radius 1 is 1.30 bits per heavy atom. The van der Waals surface area contributed by atoms with Gasteiger partial charge in [0.1, 0.15) is 0 Å². The molecule has 108 valence electrons. The zero-order valence-corrected chi connectivity index (χ0v) is 11.6. The minimum absolute atomic E-state index is 0.125. The number of nitrogens with zero attached hydrogens (tertiary/aromatic N) is 1. The van der Waals surface area contributed by atoms with Gasteiger partial charge in [-0.2, -0.15) is 0 Å². The van der Waals surface area contributed by atoms with Crippen LogP contribution in [-0.4, -0.2) is 37.1 Å². The molecule has 2 atom stereocenters. The summed E-state index contributed by atoms with van der Waals surface area (Å²) in [6.45, 7) is 1.43. The summed E-state index contributed by atoms with van der Waals surface area (Å²) >= 11 is 0. The maximum absolute atomic E-state index is 11.6. The Balaban J connectivity index is 1.62. The molecular weight excluding hydrogens is 256 g/mol. The van der Waals surface area contributed by atoms with Crippen LogP contribution in [0.3, 0.4) is 0 Å². The molecule has 0 aromatic heterocycles. The van der Waals surface area contributed by atoms with Gasteiger partial charge in [0.05, 0.1) is 11.8 Å². The number of anilines is 1. The first-order valence-electron chi connectivity index (χ1n) is 6.86. The lowest BCUT2D eigenvalue weighted by atomic mass is 10.2. The van der Waals surface area contributed by atoms with Gasteiger partial charge in [0.2, 0.25) is 5.91 Å². The van der Waals surface area contributed by atoms with Gasteiger partial charge in [-0.1, -0.05) is 18.2 Å². The number of rotatable bonds is 7. The minimum atomic E-state index is -0.867. The van der Waals surface area contributed by atoms with Crippen LogP contribution < -0.4 is 10.2 Å². The number of carbonyl (C=O) groups excluding carboxylic acids is 1. The van der Waals surface area contributed by atoms with Crippen LogP contribution in [0, 0.1) is 11.8 Å². The van der Waals surface area contributed by atoms with Crippen LogP contribution in [-0.2, 0) is 9.59 Å². The van der Waals surface area contributed by atoms with Crippen molar-refractivity contribution in [3.8, 4) is 0 Å². The van der Waals surface area contributed by atoms with Crippen LogP contribution in [0.1, 0.15) is 12.8 Å². The van der Waals surface area contributed by atoms with Crippen molar-refractivity contribution in [1.82, 2.24) is 5.32 Å². The van der Waals surface area contributed by atoms with Crippen molar-refractivity contribution in [1.29, 1.82) is 0 Å². The highest BCUT2D eigenvalue weighted by Crippen LogP contribution is 2.38. The molecule has 0 bridgehead atoms. The monoisotopic (exact) mass is 276 g/mol. The number of carbonyl (C=O) groups is 2. The molecule has 2 N–H and O–H groups in total. The molecule has 0 radical (unpaired) electrons. The average molecular weight is 276 g/mol. The van der Waals surface area contributed by atoms with Crippen molar-refractivity contribution in [2.24, 2.45) is 11.8 Å². The van der Waals surface area contributed by atoms with Gasteiger partial charge in [-0.25, -0.2) is 0 Å². The number of para-hydroxylation sites is 1. The third-order valence-corrected chi connectivity index (χ3v) is 3.61. The van der Waals surface area contributed by atoms with Gasteiger partial charge in [0, 0.05) is 25.8 Å². The van der Waals surface area contributed by atoms with Crippen molar-refractivity contribution in [2.75, 3.05) is 25.0 Å². The Bertz CT molecular complexity index is 475. The largest absolute Gasteiger partial charge is 0.481 e. The van der Waals surface area contributed by atoms with Gasteiger partial charge < -0.3 is 15.3 Å². The molecule has 5 heteroatoms. The predicted octanol–water partition coefficient (Wildman–Crippen LogP) is 1.35. The predicted molar refractivity (Wildman–Crippen MR) is 76.6 cm³/mol. The molecule has 0 heterocycles. The summed E-state index contributed by atoms with van der Waals surface area (Å²) in [6.07, 6.45) is 1.31. The Hall–Kier alpha value is -2.04. The van der Waals surface area contributed by atoms with E-state index in [-0.39, 0.29) is 11.8 Å². The molecule has 1 aliphatic carbocycles. The molecule has 1 amide bonds. The van der Waals surface area contributed by atoms with Gasteiger partial charge in [-0.05, 0) is 25.0 Å². The van der Waals surface area contributed by atoms with Crippen molar-refractivity contribution in [3.63, 3.8) is 0 Å². The van der Waals surface area contributed by atoms with Crippen molar-refractivity contribution in [2.45, 2.75) is 12.8 Å². The molecule has 0 aliphatic heterocycles. The molecule has 1 aromatic rings. The number of nitrogens with one attached hydrogen (secondary N) is 1. The Kier molecular flexibility index (Phi) is 4.61. The van der Waals surface area contributed by atoms with Gasteiger partial charge in [0.15, 0.2) is 0 Å². The molecule has 5 nitrogen and oxygen atoms in total. The topological polar surface area (TPSA) is 69.6 Å². The number of carboxylic acids is 1. The van der Waals surface area contributed by atoms with E-state index in [0.717, 1.165) is 18.7 Å². The maximum Gasteiger partial charge on any atom is 0.307 e. The summed E-state index contributed by atoms with van der Waals surface area (Å²) < 4.78 is 0. The summed E-state index contributed by atoms with van der Waals surface area (Å²) in [5.74, 6) is -1.78. The zero-order valence-electron chi connectivity index (χ0n) is 11.6. The molecule has 20 heavy (non-hydrogen) atoms. The van der Waals surface area contributed by atoms with Crippen LogP contribution >= 0.6 is 0 Å². The molecule has 2 rings (SSSR count). The fraction of sp³-hybridized carbons (Fsp3) is 0.467. The van der Waals surface area contributed by atoms with Crippen LogP contribution in [0.2, 0.25) is 0 Å². The minimum Gasteiger partial charge on any atom is -0.481 e. The van der Waals surface area contributed by atoms with E-state index in [1.807, 2.05) is 37.4 Å². The second-order valence-corrected chi connectivity index (χ2v) is 5.19. The first-order chi connectivity index (χ1) is 9.59. The lowest BCUT2D eigenvalue weighted by Crippen LogP contribution is -2.30. The van der Waals surface area contributed by atoms with E-state index in [1.165, 1.54) is 0 Å². The van der Waals surface area contributed by atoms with E-state index in [2.05, 4.69) is 10.2 Å².